The van der Waals surface area contributed by atoms with Crippen molar-refractivity contribution in [1.82, 2.24) is 4.98 Å². The molecule has 1 rings (SSSR count). The van der Waals surface area contributed by atoms with Crippen LogP contribution in [0.4, 0.5) is 10.5 Å². The number of amides is 2. The predicted octanol–water partition coefficient (Wildman–Crippen LogP) is -0.664. The van der Waals surface area contributed by atoms with Gasteiger partial charge in [0.2, 0.25) is 18.2 Å². The van der Waals surface area contributed by atoms with Crippen molar-refractivity contribution in [2.45, 2.75) is 0 Å². The van der Waals surface area contributed by atoms with E-state index in [2.05, 4.69) is 24.3 Å². The molecule has 1 aromatic rings. The number of anilines is 1. The number of nitrogens with zero attached hydrogens (tertiary/aromatic N) is 3. The first-order valence-corrected chi connectivity index (χ1v) is 10.6. The van der Waals surface area contributed by atoms with Crippen molar-refractivity contribution in [3.8, 4) is 0 Å². The Labute approximate surface area is 155 Å². The Morgan fingerprint density at radius 1 is 0.889 bits per heavy atom. The molecule has 0 saturated heterocycles. The zero-order valence-corrected chi connectivity index (χ0v) is 16.5. The molecule has 0 aliphatic carbocycles. The van der Waals surface area contributed by atoms with Crippen LogP contribution in [0.2, 0.25) is 0 Å². The fourth-order valence-electron chi connectivity index (χ4n) is 2.03. The van der Waals surface area contributed by atoms with Crippen LogP contribution in [0, 0.1) is 0 Å². The summed E-state index contributed by atoms with van der Waals surface area (Å²) in [5, 5.41) is 3.06. The van der Waals surface area contributed by atoms with E-state index in [1.54, 1.807) is 12.1 Å². The van der Waals surface area contributed by atoms with Gasteiger partial charge in [0.1, 0.15) is 0 Å². The normalized spacial score (nSPS) is 12.4. The molecule has 0 aliphatic heterocycles. The molecule has 2 N–H and O–H groups in total. The number of carbonyl (C=O) groups is 1. The van der Waals surface area contributed by atoms with E-state index in [4.69, 9.17) is 13.3 Å². The first kappa shape index (κ1) is 22.0. The molecule has 0 radical (unpaired) electrons. The summed E-state index contributed by atoms with van der Waals surface area (Å²) in [6, 6.07) is 5.40. The molecular formula is C13H15N5O7Si2. The second-order valence-corrected chi connectivity index (χ2v) is 9.68. The molecular weight excluding hydrogens is 394 g/mol. The zero-order chi connectivity index (χ0) is 20.3. The zero-order valence-electron chi connectivity index (χ0n) is 14.5. The highest BCUT2D eigenvalue weighted by atomic mass is 28.4. The lowest BCUT2D eigenvalue weighted by Crippen LogP contribution is -2.54. The summed E-state index contributed by atoms with van der Waals surface area (Å²) in [5.41, 5.74) is 0.325. The average Bonchev–Trinajstić information content (AvgIpc) is 2.65. The number of hydrogen-bond acceptors (Lipinski definition) is 10. The number of hydrogen-bond donors (Lipinski definition) is 2. The van der Waals surface area contributed by atoms with E-state index in [-0.39, 0.29) is 0 Å². The minimum atomic E-state index is -4.18. The number of benzene rings is 1. The molecule has 0 unspecified atom stereocenters. The number of isocyanates is 3. The molecule has 0 saturated carbocycles. The predicted molar refractivity (Wildman–Crippen MR) is 95.1 cm³/mol. The van der Waals surface area contributed by atoms with Gasteiger partial charge in [0.15, 0.2) is 0 Å². The van der Waals surface area contributed by atoms with Gasteiger partial charge in [-0.3, -0.25) is 0 Å². The standard InChI is InChI=1S/C13H15N5O7Si2/c1-23-26(24-2,25-3)12-6-4-11(5-7-12)17-13(22)18-27(14-8-19,15-9-20)16-10-21/h4-7H,1-3H3,(H2,17,18,22). The fraction of sp³-hybridized carbons (Fsp3) is 0.231. The molecule has 0 aromatic heterocycles. The van der Waals surface area contributed by atoms with Crippen LogP contribution in [-0.2, 0) is 27.7 Å². The van der Waals surface area contributed by atoms with E-state index in [1.807, 2.05) is 0 Å². The highest BCUT2D eigenvalue weighted by Crippen LogP contribution is 2.11. The maximum atomic E-state index is 12.1. The number of nitrogens with one attached hydrogen (secondary N) is 2. The molecule has 27 heavy (non-hydrogen) atoms. The summed E-state index contributed by atoms with van der Waals surface area (Å²) in [6.07, 6.45) is 3.31. The molecule has 0 heterocycles. The van der Waals surface area contributed by atoms with Gasteiger partial charge in [0, 0.05) is 32.2 Å². The lowest BCUT2D eigenvalue weighted by atomic mass is 10.3. The molecule has 0 spiro atoms. The molecule has 12 nitrogen and oxygen atoms in total. The van der Waals surface area contributed by atoms with E-state index in [0.29, 0.717) is 10.9 Å². The molecule has 142 valence electrons. The molecule has 14 heteroatoms. The minimum absolute atomic E-state index is 0.325. The van der Waals surface area contributed by atoms with Gasteiger partial charge in [-0.05, 0) is 12.1 Å². The number of carbonyl (C=O) groups excluding carboxylic acids is 4. The topological polar surface area (TPSA) is 157 Å². The van der Waals surface area contributed by atoms with Gasteiger partial charge in [-0.15, -0.1) is 0 Å². The van der Waals surface area contributed by atoms with Crippen LogP contribution >= 0.6 is 0 Å². The van der Waals surface area contributed by atoms with Crippen LogP contribution in [-0.4, -0.2) is 63.1 Å². The van der Waals surface area contributed by atoms with Gasteiger partial charge in [0.25, 0.3) is 0 Å². The molecule has 2 amide bonds. The van der Waals surface area contributed by atoms with Crippen LogP contribution < -0.4 is 15.5 Å². The molecule has 1 aromatic carbocycles. The van der Waals surface area contributed by atoms with Crippen molar-refractivity contribution in [1.29, 1.82) is 0 Å². The first-order valence-electron chi connectivity index (χ1n) is 7.07. The lowest BCUT2D eigenvalue weighted by molar-refractivity contribution is 0.140. The van der Waals surface area contributed by atoms with Crippen LogP contribution in [0.1, 0.15) is 0 Å². The highest BCUT2D eigenvalue weighted by molar-refractivity contribution is 6.76. The maximum absolute atomic E-state index is 12.1. The van der Waals surface area contributed by atoms with Crippen molar-refractivity contribution in [3.05, 3.63) is 24.3 Å². The van der Waals surface area contributed by atoms with Crippen LogP contribution in [0.15, 0.2) is 38.2 Å². The molecule has 0 fully saturated rings. The summed E-state index contributed by atoms with van der Waals surface area (Å²) in [5.74, 6) is 0. The van der Waals surface area contributed by atoms with Crippen molar-refractivity contribution in [3.63, 3.8) is 0 Å². The Balaban J connectivity index is 3.01. The molecule has 0 bridgehead atoms. The average molecular weight is 409 g/mol. The Morgan fingerprint density at radius 3 is 1.70 bits per heavy atom. The lowest BCUT2D eigenvalue weighted by Gasteiger charge is -2.24. The Kier molecular flexibility index (Phi) is 8.29. The van der Waals surface area contributed by atoms with Gasteiger partial charge in [-0.2, -0.15) is 14.0 Å². The smallest absolute Gasteiger partial charge is 0.373 e. The summed E-state index contributed by atoms with van der Waals surface area (Å²) in [6.45, 7) is 0. The van der Waals surface area contributed by atoms with Gasteiger partial charge in [-0.25, -0.2) is 19.2 Å². The Hall–Kier alpha value is -3.06. The summed E-state index contributed by atoms with van der Waals surface area (Å²) in [4.78, 5) is 45.6. The third-order valence-corrected chi connectivity index (χ3v) is 7.61. The van der Waals surface area contributed by atoms with Crippen LogP contribution in [0.25, 0.3) is 0 Å². The fourth-order valence-corrected chi connectivity index (χ4v) is 4.87. The molecule has 0 atom stereocenters. The van der Waals surface area contributed by atoms with Gasteiger partial charge < -0.3 is 23.6 Å². The van der Waals surface area contributed by atoms with Crippen LogP contribution in [0.3, 0.4) is 0 Å². The highest BCUT2D eigenvalue weighted by Gasteiger charge is 2.41. The number of urea groups is 1. The second-order valence-electron chi connectivity index (χ2n) is 4.57. The van der Waals surface area contributed by atoms with E-state index in [0.717, 1.165) is 18.2 Å². The maximum Gasteiger partial charge on any atom is 0.592 e. The third kappa shape index (κ3) is 5.46. The van der Waals surface area contributed by atoms with Crippen molar-refractivity contribution < 1.29 is 32.5 Å². The number of rotatable bonds is 9. The van der Waals surface area contributed by atoms with Crippen molar-refractivity contribution in [2.75, 3.05) is 26.6 Å². The quantitative estimate of drug-likeness (QED) is 0.311. The van der Waals surface area contributed by atoms with Gasteiger partial charge in [-0.1, -0.05) is 12.1 Å². The van der Waals surface area contributed by atoms with Crippen LogP contribution in [0.5, 0.6) is 0 Å². The van der Waals surface area contributed by atoms with Gasteiger partial charge in [0.05, 0.1) is 0 Å². The largest absolute Gasteiger partial charge is 0.592 e. The first-order chi connectivity index (χ1) is 12.9. The monoisotopic (exact) mass is 409 g/mol. The second kappa shape index (κ2) is 10.2. The summed E-state index contributed by atoms with van der Waals surface area (Å²) in [7, 11) is -2.84. The van der Waals surface area contributed by atoms with Crippen molar-refractivity contribution in [2.24, 2.45) is 14.0 Å². The van der Waals surface area contributed by atoms with E-state index < -0.39 is 23.6 Å². The van der Waals surface area contributed by atoms with E-state index in [9.17, 15) is 19.2 Å². The molecule has 0 aliphatic rings. The Morgan fingerprint density at radius 2 is 1.33 bits per heavy atom. The third-order valence-electron chi connectivity index (χ3n) is 3.19. The summed E-state index contributed by atoms with van der Waals surface area (Å²) < 4.78 is 25.5. The minimum Gasteiger partial charge on any atom is -0.373 e. The van der Waals surface area contributed by atoms with E-state index in [1.165, 1.54) is 33.5 Å². The van der Waals surface area contributed by atoms with Gasteiger partial charge >= 0.3 is 23.6 Å². The van der Waals surface area contributed by atoms with E-state index >= 15 is 0 Å². The summed E-state index contributed by atoms with van der Waals surface area (Å²) >= 11 is 0. The Bertz CT molecular complexity index is 757. The van der Waals surface area contributed by atoms with Crippen molar-refractivity contribution >= 4 is 52.7 Å². The SMILES string of the molecule is CO[Si](OC)(OC)c1ccc(NC(=O)N[Si](N=C=O)(N=C=O)N=C=O)cc1.